The molecular weight excluding hydrogens is 509 g/mol. The molecule has 0 saturated carbocycles. The number of anilines is 3. The number of ether oxygens (including phenoxy) is 1. The van der Waals surface area contributed by atoms with Crippen molar-refractivity contribution in [1.82, 2.24) is 19.8 Å². The molecule has 2 N–H and O–H groups in total. The summed E-state index contributed by atoms with van der Waals surface area (Å²) in [6, 6.07) is 6.41. The van der Waals surface area contributed by atoms with E-state index in [2.05, 4.69) is 10.3 Å². The molecule has 1 aromatic carbocycles. The first kappa shape index (κ1) is 26.0. The van der Waals surface area contributed by atoms with E-state index in [4.69, 9.17) is 21.2 Å². The molecule has 1 unspecified atom stereocenters. The second-order valence-corrected chi connectivity index (χ2v) is 8.34. The molecule has 4 rings (SSSR count). The summed E-state index contributed by atoms with van der Waals surface area (Å²) in [6.07, 6.45) is -6.57. The van der Waals surface area contributed by atoms with Gasteiger partial charge in [0.25, 0.3) is 5.56 Å². The predicted molar refractivity (Wildman–Crippen MR) is 124 cm³/mol. The van der Waals surface area contributed by atoms with Crippen LogP contribution >= 0.6 is 11.6 Å². The maximum Gasteiger partial charge on any atom is 0.493 e. The number of rotatable bonds is 7. The van der Waals surface area contributed by atoms with Crippen molar-refractivity contribution < 1.29 is 27.5 Å². The highest BCUT2D eigenvalue weighted by atomic mass is 35.5. The highest BCUT2D eigenvalue weighted by Gasteiger charge is 2.51. The molecule has 11 nitrogen and oxygen atoms in total. The predicted octanol–water partition coefficient (Wildman–Crippen LogP) is 1.39. The van der Waals surface area contributed by atoms with Gasteiger partial charge >= 0.3 is 17.8 Å². The Morgan fingerprint density at radius 2 is 1.89 bits per heavy atom. The molecule has 0 amide bonds. The smallest absolute Gasteiger partial charge is 0.380 e. The third-order valence-electron chi connectivity index (χ3n) is 5.70. The van der Waals surface area contributed by atoms with Crippen molar-refractivity contribution in [2.75, 3.05) is 49.4 Å². The maximum atomic E-state index is 13.3. The number of hydrogen-bond acceptors (Lipinski definition) is 9. The summed E-state index contributed by atoms with van der Waals surface area (Å²) in [7, 11) is 0. The van der Waals surface area contributed by atoms with Crippen LogP contribution in [0, 0.1) is 0 Å². The number of fused-ring (bicyclic) bond motifs is 1. The Bertz CT molecular complexity index is 1230. The van der Waals surface area contributed by atoms with Gasteiger partial charge in [0.15, 0.2) is 11.5 Å². The third-order valence-corrected chi connectivity index (χ3v) is 6.02. The topological polar surface area (TPSA) is 112 Å². The monoisotopic (exact) mass is 532 g/mol. The minimum Gasteiger partial charge on any atom is -0.380 e. The summed E-state index contributed by atoms with van der Waals surface area (Å²) in [4.78, 5) is 48.2. The van der Waals surface area contributed by atoms with Gasteiger partial charge < -0.3 is 14.9 Å². The van der Waals surface area contributed by atoms with E-state index in [9.17, 15) is 27.6 Å². The second kappa shape index (κ2) is 10.5. The Kier molecular flexibility index (Phi) is 7.59. The minimum atomic E-state index is -5.33. The first-order valence-electron chi connectivity index (χ1n) is 11.2. The summed E-state index contributed by atoms with van der Waals surface area (Å²) < 4.78 is 46.3. The van der Waals surface area contributed by atoms with E-state index in [1.807, 2.05) is 0 Å². The Hall–Kier alpha value is -3.07. The van der Waals surface area contributed by atoms with Crippen molar-refractivity contribution in [2.24, 2.45) is 0 Å². The van der Waals surface area contributed by atoms with Gasteiger partial charge in [-0.3, -0.25) is 24.1 Å². The number of halogens is 4. The number of hydrogen-bond donors (Lipinski definition) is 2. The zero-order chi connectivity index (χ0) is 26.0. The van der Waals surface area contributed by atoms with Crippen LogP contribution < -0.4 is 26.5 Å². The average molecular weight is 533 g/mol. The van der Waals surface area contributed by atoms with E-state index < -0.39 is 29.7 Å². The van der Waals surface area contributed by atoms with Crippen LogP contribution in [0.2, 0.25) is 5.02 Å². The van der Waals surface area contributed by atoms with Crippen molar-refractivity contribution in [3.63, 3.8) is 0 Å². The van der Waals surface area contributed by atoms with E-state index in [1.165, 1.54) is 4.90 Å². The molecule has 2 aromatic rings. The first-order valence-corrected chi connectivity index (χ1v) is 11.5. The van der Waals surface area contributed by atoms with Gasteiger partial charge in [0, 0.05) is 32.8 Å². The number of H-pyrrole nitrogens is 1. The third kappa shape index (κ3) is 4.93. The number of para-hydroxylation sites is 1. The molecule has 1 aromatic heterocycles. The molecule has 2 aliphatic heterocycles. The van der Waals surface area contributed by atoms with Crippen LogP contribution in [-0.2, 0) is 20.9 Å². The highest BCUT2D eigenvalue weighted by molar-refractivity contribution is 6.33. The summed E-state index contributed by atoms with van der Waals surface area (Å²) >= 11 is 6.45. The Morgan fingerprint density at radius 3 is 2.53 bits per heavy atom. The molecule has 0 spiro atoms. The number of hydroxylamine groups is 1. The standard InChI is InChI=1S/C21H24ClF3N6O5/c1-2-35-12-11-29-17-15(16(32)27-19(29)34)30(14-6-4-3-5-13(14)22)20(28-9-7-26-8-10-28)31(17)36-18(33)21(23,24)25/h3-6,20,26H,2,7-12H2,1H3,(H,27,32,34). The van der Waals surface area contributed by atoms with E-state index in [0.29, 0.717) is 37.8 Å². The number of alkyl halides is 3. The lowest BCUT2D eigenvalue weighted by molar-refractivity contribution is -0.203. The van der Waals surface area contributed by atoms with Crippen LogP contribution in [0.3, 0.4) is 0 Å². The lowest BCUT2D eigenvalue weighted by Gasteiger charge is -2.41. The molecule has 3 heterocycles. The first-order chi connectivity index (χ1) is 17.1. The number of aromatic nitrogens is 2. The SMILES string of the molecule is CCOCCn1c2c(c(=O)[nH]c1=O)N(c1ccccc1Cl)C(N1CCNCC1)N2OC(=O)C(F)(F)F. The van der Waals surface area contributed by atoms with Gasteiger partial charge in [-0.1, -0.05) is 23.7 Å². The van der Waals surface area contributed by atoms with Crippen molar-refractivity contribution in [1.29, 1.82) is 0 Å². The fourth-order valence-electron chi connectivity index (χ4n) is 4.18. The number of piperazine rings is 1. The van der Waals surface area contributed by atoms with Crippen molar-refractivity contribution in [3.05, 3.63) is 50.1 Å². The molecule has 196 valence electrons. The van der Waals surface area contributed by atoms with Crippen molar-refractivity contribution in [3.8, 4) is 0 Å². The van der Waals surface area contributed by atoms with Gasteiger partial charge in [-0.15, -0.1) is 5.06 Å². The lowest BCUT2D eigenvalue weighted by atomic mass is 10.2. The molecule has 1 atom stereocenters. The average Bonchev–Trinajstić information content (AvgIpc) is 3.16. The van der Waals surface area contributed by atoms with Crippen LogP contribution in [0.4, 0.5) is 30.4 Å². The molecule has 0 radical (unpaired) electrons. The Balaban J connectivity index is 1.97. The quantitative estimate of drug-likeness (QED) is 0.511. The number of benzene rings is 1. The van der Waals surface area contributed by atoms with Gasteiger partial charge in [0.1, 0.15) is 0 Å². The lowest BCUT2D eigenvalue weighted by Crippen LogP contribution is -2.60. The number of carbonyl (C=O) groups excluding carboxylic acids is 1. The van der Waals surface area contributed by atoms with E-state index in [-0.39, 0.29) is 35.4 Å². The fourth-order valence-corrected chi connectivity index (χ4v) is 4.40. The number of carbonyl (C=O) groups is 1. The molecular formula is C21H24ClF3N6O5. The van der Waals surface area contributed by atoms with Gasteiger partial charge in [-0.05, 0) is 19.1 Å². The van der Waals surface area contributed by atoms with Gasteiger partial charge in [-0.2, -0.15) is 13.2 Å². The van der Waals surface area contributed by atoms with Crippen molar-refractivity contribution >= 4 is 34.8 Å². The molecule has 2 aliphatic rings. The summed E-state index contributed by atoms with van der Waals surface area (Å²) in [5, 5.41) is 4.00. The Labute approximate surface area is 207 Å². The van der Waals surface area contributed by atoms with Gasteiger partial charge in [-0.25, -0.2) is 9.59 Å². The second-order valence-electron chi connectivity index (χ2n) is 7.94. The van der Waals surface area contributed by atoms with Crippen molar-refractivity contribution in [2.45, 2.75) is 25.9 Å². The zero-order valence-corrected chi connectivity index (χ0v) is 19.9. The molecule has 1 saturated heterocycles. The van der Waals surface area contributed by atoms with Crippen LogP contribution in [0.15, 0.2) is 33.9 Å². The van der Waals surface area contributed by atoms with Crippen LogP contribution in [0.1, 0.15) is 6.92 Å². The van der Waals surface area contributed by atoms with E-state index >= 15 is 0 Å². The minimum absolute atomic E-state index is 0.0142. The van der Waals surface area contributed by atoms with Gasteiger partial charge in [0.2, 0.25) is 6.29 Å². The highest BCUT2D eigenvalue weighted by Crippen LogP contribution is 2.45. The van der Waals surface area contributed by atoms with Crippen LogP contribution in [-0.4, -0.2) is 72.3 Å². The molecule has 0 bridgehead atoms. The van der Waals surface area contributed by atoms with Crippen LogP contribution in [0.25, 0.3) is 0 Å². The molecule has 1 fully saturated rings. The molecule has 0 aliphatic carbocycles. The molecule has 15 heteroatoms. The van der Waals surface area contributed by atoms with Crippen LogP contribution in [0.5, 0.6) is 0 Å². The van der Waals surface area contributed by atoms with E-state index in [0.717, 1.165) is 4.57 Å². The molecule has 36 heavy (non-hydrogen) atoms. The van der Waals surface area contributed by atoms with E-state index in [1.54, 1.807) is 36.1 Å². The summed E-state index contributed by atoms with van der Waals surface area (Å²) in [5.74, 6) is -2.82. The number of nitrogens with zero attached hydrogens (tertiary/aromatic N) is 4. The Morgan fingerprint density at radius 1 is 1.19 bits per heavy atom. The number of aromatic amines is 1. The zero-order valence-electron chi connectivity index (χ0n) is 19.2. The largest absolute Gasteiger partial charge is 0.493 e. The summed E-state index contributed by atoms with van der Waals surface area (Å²) in [5.41, 5.74) is -1.70. The van der Waals surface area contributed by atoms with Gasteiger partial charge in [0.05, 0.1) is 23.9 Å². The normalized spacial score (nSPS) is 18.4. The fraction of sp³-hybridized carbons (Fsp3) is 0.476. The number of nitrogens with one attached hydrogen (secondary N) is 2. The summed E-state index contributed by atoms with van der Waals surface area (Å²) in [6.45, 7) is 3.58. The maximum absolute atomic E-state index is 13.3.